The number of thiol groups is 1. The third-order valence-electron chi connectivity index (χ3n) is 3.41. The van der Waals surface area contributed by atoms with Crippen LogP contribution in [0, 0.1) is 0 Å². The third kappa shape index (κ3) is 3.47. The molecule has 3 aromatic rings. The Balaban J connectivity index is 1.85. The highest BCUT2D eigenvalue weighted by Gasteiger charge is 2.06. The molecule has 104 valence electrons. The van der Waals surface area contributed by atoms with Gasteiger partial charge in [0.25, 0.3) is 0 Å². The topological polar surface area (TPSA) is 12.0 Å². The molecular formula is C19H17NS. The summed E-state index contributed by atoms with van der Waals surface area (Å²) in [4.78, 5) is 1.00. The Bertz CT molecular complexity index is 648. The molecule has 0 radical (unpaired) electrons. The first-order chi connectivity index (χ1) is 10.3. The van der Waals surface area contributed by atoms with Gasteiger partial charge in [0, 0.05) is 10.6 Å². The third-order valence-corrected chi connectivity index (χ3v) is 3.94. The summed E-state index contributed by atoms with van der Waals surface area (Å²) in [5.74, 6) is 0. The molecule has 0 aliphatic rings. The molecule has 0 aromatic heterocycles. The van der Waals surface area contributed by atoms with Gasteiger partial charge in [-0.25, -0.2) is 0 Å². The van der Waals surface area contributed by atoms with Crippen molar-refractivity contribution < 1.29 is 0 Å². The maximum atomic E-state index is 4.71. The van der Waals surface area contributed by atoms with Gasteiger partial charge in [0.15, 0.2) is 0 Å². The number of nitrogens with one attached hydrogen (secondary N) is 1. The van der Waals surface area contributed by atoms with Crippen LogP contribution < -0.4 is 5.32 Å². The minimum Gasteiger partial charge on any atom is -0.355 e. The summed E-state index contributed by atoms with van der Waals surface area (Å²) in [6, 6.07) is 26.9. The molecule has 1 N–H and O–H groups in total. The van der Waals surface area contributed by atoms with E-state index in [0.717, 1.165) is 22.7 Å². The molecule has 0 saturated heterocycles. The average Bonchev–Trinajstić information content (AvgIpc) is 2.53. The fourth-order valence-electron chi connectivity index (χ4n) is 2.33. The van der Waals surface area contributed by atoms with E-state index in [0.29, 0.717) is 0 Å². The summed E-state index contributed by atoms with van der Waals surface area (Å²) in [6.07, 6.45) is 0.893. The molecule has 0 saturated carbocycles. The number of benzene rings is 3. The molecule has 1 nitrogen and oxygen atoms in total. The second-order valence-corrected chi connectivity index (χ2v) is 5.41. The van der Waals surface area contributed by atoms with Gasteiger partial charge in [0.05, 0.1) is 5.69 Å². The van der Waals surface area contributed by atoms with Crippen molar-refractivity contribution in [3.05, 3.63) is 90.0 Å². The molecule has 0 atom stereocenters. The van der Waals surface area contributed by atoms with Gasteiger partial charge >= 0.3 is 0 Å². The van der Waals surface area contributed by atoms with Gasteiger partial charge in [0.2, 0.25) is 0 Å². The zero-order chi connectivity index (χ0) is 14.5. The Hall–Kier alpha value is -2.19. The molecular weight excluding hydrogens is 274 g/mol. The first-order valence-electron chi connectivity index (χ1n) is 7.00. The Morgan fingerprint density at radius 1 is 0.714 bits per heavy atom. The van der Waals surface area contributed by atoms with Crippen molar-refractivity contribution in [2.45, 2.75) is 11.3 Å². The van der Waals surface area contributed by atoms with E-state index in [2.05, 4.69) is 59.9 Å². The van der Waals surface area contributed by atoms with Crippen molar-refractivity contribution in [2.75, 3.05) is 5.32 Å². The smallest absolute Gasteiger partial charge is 0.0522 e. The van der Waals surface area contributed by atoms with E-state index in [1.54, 1.807) is 0 Å². The van der Waals surface area contributed by atoms with Crippen LogP contribution >= 0.6 is 12.6 Å². The van der Waals surface area contributed by atoms with E-state index in [4.69, 9.17) is 12.6 Å². The van der Waals surface area contributed by atoms with E-state index in [1.165, 1.54) is 11.1 Å². The lowest BCUT2D eigenvalue weighted by Crippen LogP contribution is -1.96. The molecule has 0 aliphatic heterocycles. The second kappa shape index (κ2) is 6.51. The van der Waals surface area contributed by atoms with Crippen LogP contribution in [0.4, 0.5) is 11.4 Å². The molecule has 0 bridgehead atoms. The van der Waals surface area contributed by atoms with Gasteiger partial charge in [-0.05, 0) is 35.7 Å². The molecule has 0 amide bonds. The number of para-hydroxylation sites is 1. The predicted octanol–water partition coefficient (Wildman–Crippen LogP) is 5.31. The fraction of sp³-hybridized carbons (Fsp3) is 0.0526. The first-order valence-corrected chi connectivity index (χ1v) is 7.44. The molecule has 2 heteroatoms. The largest absolute Gasteiger partial charge is 0.355 e. The molecule has 3 aromatic carbocycles. The lowest BCUT2D eigenvalue weighted by atomic mass is 10.0. The van der Waals surface area contributed by atoms with Crippen LogP contribution in [0.5, 0.6) is 0 Å². The molecule has 3 rings (SSSR count). The van der Waals surface area contributed by atoms with Crippen molar-refractivity contribution in [2.24, 2.45) is 0 Å². The van der Waals surface area contributed by atoms with Crippen LogP contribution in [0.2, 0.25) is 0 Å². The SMILES string of the molecule is Sc1c(Cc2ccccc2)cccc1Nc1ccccc1. The van der Waals surface area contributed by atoms with Crippen molar-refractivity contribution in [3.8, 4) is 0 Å². The summed E-state index contributed by atoms with van der Waals surface area (Å²) in [5, 5.41) is 3.42. The highest BCUT2D eigenvalue weighted by atomic mass is 32.1. The molecule has 0 aliphatic carbocycles. The molecule has 0 spiro atoms. The monoisotopic (exact) mass is 291 g/mol. The Morgan fingerprint density at radius 3 is 2.10 bits per heavy atom. The van der Waals surface area contributed by atoms with Gasteiger partial charge < -0.3 is 5.32 Å². The fourth-order valence-corrected chi connectivity index (χ4v) is 2.61. The summed E-state index contributed by atoms with van der Waals surface area (Å²) in [7, 11) is 0. The zero-order valence-electron chi connectivity index (χ0n) is 11.7. The minimum absolute atomic E-state index is 0.893. The summed E-state index contributed by atoms with van der Waals surface area (Å²) in [6.45, 7) is 0. The van der Waals surface area contributed by atoms with Gasteiger partial charge in [-0.3, -0.25) is 0 Å². The quantitative estimate of drug-likeness (QED) is 0.621. The van der Waals surface area contributed by atoms with Crippen LogP contribution in [0.3, 0.4) is 0 Å². The maximum absolute atomic E-state index is 4.71. The van der Waals surface area contributed by atoms with Crippen LogP contribution in [0.1, 0.15) is 11.1 Å². The van der Waals surface area contributed by atoms with Gasteiger partial charge in [-0.15, -0.1) is 12.6 Å². The van der Waals surface area contributed by atoms with Gasteiger partial charge in [-0.1, -0.05) is 60.7 Å². The molecule has 21 heavy (non-hydrogen) atoms. The molecule has 0 unspecified atom stereocenters. The lowest BCUT2D eigenvalue weighted by Gasteiger charge is -2.13. The van der Waals surface area contributed by atoms with Crippen LogP contribution in [-0.2, 0) is 6.42 Å². The highest BCUT2D eigenvalue weighted by molar-refractivity contribution is 7.80. The van der Waals surface area contributed by atoms with Crippen LogP contribution in [0.25, 0.3) is 0 Å². The average molecular weight is 291 g/mol. The highest BCUT2D eigenvalue weighted by Crippen LogP contribution is 2.28. The van der Waals surface area contributed by atoms with Crippen molar-refractivity contribution >= 4 is 24.0 Å². The van der Waals surface area contributed by atoms with E-state index in [-0.39, 0.29) is 0 Å². The Morgan fingerprint density at radius 2 is 1.38 bits per heavy atom. The van der Waals surface area contributed by atoms with E-state index < -0.39 is 0 Å². The summed E-state index contributed by atoms with van der Waals surface area (Å²) in [5.41, 5.74) is 4.64. The van der Waals surface area contributed by atoms with Gasteiger partial charge in [0.1, 0.15) is 0 Å². The predicted molar refractivity (Wildman–Crippen MR) is 92.7 cm³/mol. The molecule has 0 fully saturated rings. The van der Waals surface area contributed by atoms with Crippen molar-refractivity contribution in [3.63, 3.8) is 0 Å². The van der Waals surface area contributed by atoms with E-state index in [9.17, 15) is 0 Å². The van der Waals surface area contributed by atoms with Crippen LogP contribution in [0.15, 0.2) is 83.8 Å². The normalized spacial score (nSPS) is 10.3. The number of rotatable bonds is 4. The Labute approximate surface area is 131 Å². The number of anilines is 2. The van der Waals surface area contributed by atoms with E-state index >= 15 is 0 Å². The summed E-state index contributed by atoms with van der Waals surface area (Å²) >= 11 is 4.71. The van der Waals surface area contributed by atoms with Crippen molar-refractivity contribution in [1.82, 2.24) is 0 Å². The second-order valence-electron chi connectivity index (χ2n) is 4.97. The minimum atomic E-state index is 0.893. The lowest BCUT2D eigenvalue weighted by molar-refractivity contribution is 1.13. The summed E-state index contributed by atoms with van der Waals surface area (Å²) < 4.78 is 0. The standard InChI is InChI=1S/C19H17NS/c21-19-16(14-15-8-3-1-4-9-15)10-7-13-18(19)20-17-11-5-2-6-12-17/h1-13,20-21H,14H2. The van der Waals surface area contributed by atoms with Crippen LogP contribution in [-0.4, -0.2) is 0 Å². The van der Waals surface area contributed by atoms with Crippen molar-refractivity contribution in [1.29, 1.82) is 0 Å². The van der Waals surface area contributed by atoms with Gasteiger partial charge in [-0.2, -0.15) is 0 Å². The maximum Gasteiger partial charge on any atom is 0.0522 e. The number of hydrogen-bond acceptors (Lipinski definition) is 2. The first kappa shape index (κ1) is 13.8. The molecule has 0 heterocycles. The zero-order valence-corrected chi connectivity index (χ0v) is 12.6. The van der Waals surface area contributed by atoms with E-state index in [1.807, 2.05) is 24.3 Å². The number of hydrogen-bond donors (Lipinski definition) is 2. The Kier molecular flexibility index (Phi) is 4.27.